The normalized spacial score (nSPS) is 25.2. The molecule has 2 unspecified atom stereocenters. The zero-order chi connectivity index (χ0) is 19.9. The van der Waals surface area contributed by atoms with Crippen molar-refractivity contribution < 1.29 is 17.6 Å². The van der Waals surface area contributed by atoms with E-state index < -0.39 is 10.0 Å². The Labute approximate surface area is 164 Å². The molecule has 148 valence electrons. The van der Waals surface area contributed by atoms with Gasteiger partial charge in [0.25, 0.3) is 10.0 Å². The van der Waals surface area contributed by atoms with Gasteiger partial charge in [-0.1, -0.05) is 29.8 Å². The molecule has 5 nitrogen and oxygen atoms in total. The van der Waals surface area contributed by atoms with Gasteiger partial charge in [0.15, 0.2) is 0 Å². The highest BCUT2D eigenvalue weighted by Crippen LogP contribution is 2.44. The molecule has 0 spiro atoms. The molecule has 0 radical (unpaired) electrons. The molecule has 0 saturated carbocycles. The molecule has 2 heterocycles. The summed E-state index contributed by atoms with van der Waals surface area (Å²) in [5.74, 6) is -0.340. The lowest BCUT2D eigenvalue weighted by atomic mass is 10.1. The van der Waals surface area contributed by atoms with Crippen molar-refractivity contribution >= 4 is 10.0 Å². The van der Waals surface area contributed by atoms with Crippen molar-refractivity contribution in [1.82, 2.24) is 9.79 Å². The number of nitrogens with zero attached hydrogens (tertiary/aromatic N) is 1. The molecule has 2 aromatic rings. The van der Waals surface area contributed by atoms with Gasteiger partial charge in [-0.2, -0.15) is 0 Å². The number of aryl methyl sites for hydroxylation is 1. The predicted molar refractivity (Wildman–Crippen MR) is 104 cm³/mol. The number of benzene rings is 2. The van der Waals surface area contributed by atoms with E-state index >= 15 is 0 Å². The summed E-state index contributed by atoms with van der Waals surface area (Å²) in [5, 5.41) is 0. The minimum absolute atomic E-state index is 0.0173. The second-order valence-corrected chi connectivity index (χ2v) is 9.19. The van der Waals surface area contributed by atoms with Crippen LogP contribution >= 0.6 is 0 Å². The largest absolute Gasteiger partial charge is 0.273 e. The molecular weight excluding hydrogens is 379 g/mol. The van der Waals surface area contributed by atoms with E-state index in [2.05, 4.69) is 5.48 Å². The lowest BCUT2D eigenvalue weighted by Crippen LogP contribution is -2.31. The lowest BCUT2D eigenvalue weighted by molar-refractivity contribution is 0.0506. The highest BCUT2D eigenvalue weighted by atomic mass is 32.2. The van der Waals surface area contributed by atoms with Crippen molar-refractivity contribution in [3.05, 3.63) is 76.9 Å². The minimum atomic E-state index is -3.78. The second kappa shape index (κ2) is 7.22. The van der Waals surface area contributed by atoms with Crippen LogP contribution in [0.3, 0.4) is 0 Å². The van der Waals surface area contributed by atoms with Gasteiger partial charge < -0.3 is 0 Å². The summed E-state index contributed by atoms with van der Waals surface area (Å²) >= 11 is 0. The first kappa shape index (κ1) is 19.0. The number of allylic oxidation sites excluding steroid dienone is 1. The number of halogens is 1. The zero-order valence-corrected chi connectivity index (χ0v) is 16.7. The standard InChI is InChI=1S/C21H23FN2O3S/c1-14-3-9-18(10-4-14)28(25,26)24-20(16-5-7-17(22)8-6-16)11-12-21(24)19-13-15(2)27-23-19/h3-10,15,20,23H,11-13H2,1-2H3. The van der Waals surface area contributed by atoms with Gasteiger partial charge in [0.1, 0.15) is 5.82 Å². The van der Waals surface area contributed by atoms with Gasteiger partial charge in [0.2, 0.25) is 0 Å². The van der Waals surface area contributed by atoms with Gasteiger partial charge in [-0.3, -0.25) is 14.6 Å². The van der Waals surface area contributed by atoms with Crippen LogP contribution in [0.15, 0.2) is 64.8 Å². The van der Waals surface area contributed by atoms with E-state index in [-0.39, 0.29) is 22.9 Å². The van der Waals surface area contributed by atoms with E-state index in [0.29, 0.717) is 19.3 Å². The molecule has 1 N–H and O–H groups in total. The molecule has 0 aromatic heterocycles. The van der Waals surface area contributed by atoms with Crippen molar-refractivity contribution in [2.45, 2.75) is 50.2 Å². The van der Waals surface area contributed by atoms with Crippen molar-refractivity contribution in [3.8, 4) is 0 Å². The average Bonchev–Trinajstić information content (AvgIpc) is 3.29. The lowest BCUT2D eigenvalue weighted by Gasteiger charge is -2.28. The van der Waals surface area contributed by atoms with Crippen molar-refractivity contribution in [2.24, 2.45) is 0 Å². The third-order valence-electron chi connectivity index (χ3n) is 5.26. The second-order valence-electron chi connectivity index (χ2n) is 7.38. The summed E-state index contributed by atoms with van der Waals surface area (Å²) in [5.41, 5.74) is 6.20. The smallest absolute Gasteiger partial charge is 0.264 e. The SMILES string of the molecule is Cc1ccc(S(=O)(=O)N2C(=C3CC(C)ON3)CCC2c2ccc(F)cc2)cc1. The molecule has 2 aromatic carbocycles. The number of hydrogen-bond acceptors (Lipinski definition) is 4. The molecule has 0 bridgehead atoms. The topological polar surface area (TPSA) is 58.6 Å². The first-order valence-electron chi connectivity index (χ1n) is 9.36. The van der Waals surface area contributed by atoms with E-state index in [1.54, 1.807) is 36.4 Å². The molecule has 4 rings (SSSR count). The number of nitrogens with one attached hydrogen (secondary N) is 1. The fraction of sp³-hybridized carbons (Fsp3) is 0.333. The van der Waals surface area contributed by atoms with E-state index in [4.69, 9.17) is 4.84 Å². The van der Waals surface area contributed by atoms with Crippen LogP contribution in [-0.2, 0) is 14.9 Å². The molecule has 0 amide bonds. The van der Waals surface area contributed by atoms with Crippen LogP contribution in [0.1, 0.15) is 43.4 Å². The van der Waals surface area contributed by atoms with Crippen LogP contribution in [0.2, 0.25) is 0 Å². The fourth-order valence-corrected chi connectivity index (χ4v) is 5.58. The Morgan fingerprint density at radius 1 is 1.11 bits per heavy atom. The van der Waals surface area contributed by atoms with E-state index in [1.807, 2.05) is 13.8 Å². The van der Waals surface area contributed by atoms with Crippen molar-refractivity contribution in [3.63, 3.8) is 0 Å². The maximum absolute atomic E-state index is 13.6. The molecule has 0 aliphatic carbocycles. The first-order chi connectivity index (χ1) is 13.4. The van der Waals surface area contributed by atoms with Gasteiger partial charge in [-0.25, -0.2) is 12.8 Å². The summed E-state index contributed by atoms with van der Waals surface area (Å²) in [6.07, 6.45) is 1.85. The Bertz CT molecular complexity index is 1000. The van der Waals surface area contributed by atoms with Gasteiger partial charge >= 0.3 is 0 Å². The average molecular weight is 402 g/mol. The van der Waals surface area contributed by atoms with E-state index in [9.17, 15) is 12.8 Å². The van der Waals surface area contributed by atoms with Crippen LogP contribution in [-0.4, -0.2) is 18.8 Å². The molecule has 2 saturated heterocycles. The monoisotopic (exact) mass is 402 g/mol. The summed E-state index contributed by atoms with van der Waals surface area (Å²) in [4.78, 5) is 5.69. The molecular formula is C21H23FN2O3S. The third kappa shape index (κ3) is 3.40. The summed E-state index contributed by atoms with van der Waals surface area (Å²) in [7, 11) is -3.78. The van der Waals surface area contributed by atoms with Crippen LogP contribution < -0.4 is 5.48 Å². The number of hydrogen-bond donors (Lipinski definition) is 1. The van der Waals surface area contributed by atoms with Crippen LogP contribution in [0, 0.1) is 12.7 Å². The predicted octanol–water partition coefficient (Wildman–Crippen LogP) is 4.18. The van der Waals surface area contributed by atoms with Gasteiger partial charge in [0, 0.05) is 6.42 Å². The van der Waals surface area contributed by atoms with Crippen LogP contribution in [0.5, 0.6) is 0 Å². The summed E-state index contributed by atoms with van der Waals surface area (Å²) in [6, 6.07) is 12.5. The highest BCUT2D eigenvalue weighted by molar-refractivity contribution is 7.89. The molecule has 2 aliphatic rings. The van der Waals surface area contributed by atoms with Crippen LogP contribution in [0.25, 0.3) is 0 Å². The highest BCUT2D eigenvalue weighted by Gasteiger charge is 2.41. The fourth-order valence-electron chi connectivity index (χ4n) is 3.82. The Morgan fingerprint density at radius 3 is 2.39 bits per heavy atom. The molecule has 2 aliphatic heterocycles. The molecule has 7 heteroatoms. The number of hydroxylamine groups is 1. The Morgan fingerprint density at radius 2 is 1.79 bits per heavy atom. The first-order valence-corrected chi connectivity index (χ1v) is 10.8. The minimum Gasteiger partial charge on any atom is -0.273 e. The maximum Gasteiger partial charge on any atom is 0.264 e. The van der Waals surface area contributed by atoms with E-state index in [1.165, 1.54) is 16.4 Å². The molecule has 28 heavy (non-hydrogen) atoms. The summed E-state index contributed by atoms with van der Waals surface area (Å²) < 4.78 is 42.1. The van der Waals surface area contributed by atoms with Gasteiger partial charge in [-0.05, 0) is 56.5 Å². The van der Waals surface area contributed by atoms with Gasteiger partial charge in [0.05, 0.1) is 28.4 Å². The van der Waals surface area contributed by atoms with Crippen LogP contribution in [0.4, 0.5) is 4.39 Å². The maximum atomic E-state index is 13.6. The Hall–Kier alpha value is -2.38. The zero-order valence-electron chi connectivity index (χ0n) is 15.9. The molecule has 2 fully saturated rings. The van der Waals surface area contributed by atoms with Crippen molar-refractivity contribution in [2.75, 3.05) is 0 Å². The number of rotatable bonds is 3. The Kier molecular flexibility index (Phi) is 4.89. The third-order valence-corrected chi connectivity index (χ3v) is 7.12. The molecule has 2 atom stereocenters. The van der Waals surface area contributed by atoms with E-state index in [0.717, 1.165) is 22.5 Å². The van der Waals surface area contributed by atoms with Gasteiger partial charge in [-0.15, -0.1) is 0 Å². The van der Waals surface area contributed by atoms with Crippen molar-refractivity contribution in [1.29, 1.82) is 0 Å². The summed E-state index contributed by atoms with van der Waals surface area (Å²) in [6.45, 7) is 3.86. The Balaban J connectivity index is 1.82. The number of sulfonamides is 1. The quantitative estimate of drug-likeness (QED) is 0.837.